The van der Waals surface area contributed by atoms with Crippen LogP contribution in [0.3, 0.4) is 0 Å². The number of anilines is 2. The van der Waals surface area contributed by atoms with Crippen LogP contribution in [0.2, 0.25) is 0 Å². The molecule has 8 heteroatoms. The molecular formula is C22H27N7S. The Morgan fingerprint density at radius 1 is 1.37 bits per heavy atom. The molecule has 3 aromatic heterocycles. The predicted molar refractivity (Wildman–Crippen MR) is 119 cm³/mol. The van der Waals surface area contributed by atoms with Gasteiger partial charge in [0, 0.05) is 35.4 Å². The summed E-state index contributed by atoms with van der Waals surface area (Å²) < 4.78 is 2.13. The zero-order valence-corrected chi connectivity index (χ0v) is 18.7. The van der Waals surface area contributed by atoms with E-state index < -0.39 is 0 Å². The fourth-order valence-electron chi connectivity index (χ4n) is 4.16. The van der Waals surface area contributed by atoms with E-state index >= 15 is 0 Å². The summed E-state index contributed by atoms with van der Waals surface area (Å²) in [6, 6.07) is 6.25. The Hall–Kier alpha value is -2.76. The molecule has 0 amide bonds. The van der Waals surface area contributed by atoms with Crippen LogP contribution in [-0.2, 0) is 6.54 Å². The van der Waals surface area contributed by atoms with E-state index in [-0.39, 0.29) is 0 Å². The molecular weight excluding hydrogens is 394 g/mol. The number of nitrogens with zero attached hydrogens (tertiary/aromatic N) is 6. The Balaban J connectivity index is 1.50. The average Bonchev–Trinajstić information content (AvgIpc) is 3.44. The average molecular weight is 422 g/mol. The zero-order chi connectivity index (χ0) is 21.3. The van der Waals surface area contributed by atoms with Gasteiger partial charge in [0.1, 0.15) is 5.82 Å². The van der Waals surface area contributed by atoms with Gasteiger partial charge in [-0.15, -0.1) is 11.3 Å². The number of pyridine rings is 1. The summed E-state index contributed by atoms with van der Waals surface area (Å²) in [6.45, 7) is 10.6. The number of hydrogen-bond acceptors (Lipinski definition) is 7. The lowest BCUT2D eigenvalue weighted by Gasteiger charge is -2.23. The van der Waals surface area contributed by atoms with Crippen molar-refractivity contribution >= 4 is 22.3 Å². The van der Waals surface area contributed by atoms with Crippen molar-refractivity contribution in [3.8, 4) is 6.07 Å². The van der Waals surface area contributed by atoms with Gasteiger partial charge in [-0.05, 0) is 59.2 Å². The molecule has 0 aromatic carbocycles. The van der Waals surface area contributed by atoms with Crippen molar-refractivity contribution < 1.29 is 0 Å². The van der Waals surface area contributed by atoms with Gasteiger partial charge in [-0.3, -0.25) is 9.58 Å². The molecule has 4 rings (SSSR count). The van der Waals surface area contributed by atoms with Crippen molar-refractivity contribution in [1.29, 1.82) is 5.26 Å². The second kappa shape index (κ2) is 8.54. The Morgan fingerprint density at radius 3 is 2.93 bits per heavy atom. The lowest BCUT2D eigenvalue weighted by Crippen LogP contribution is -2.23. The number of nitriles is 1. The summed E-state index contributed by atoms with van der Waals surface area (Å²) in [5.41, 5.74) is 5.40. The van der Waals surface area contributed by atoms with E-state index in [2.05, 4.69) is 59.0 Å². The maximum atomic E-state index is 9.07. The van der Waals surface area contributed by atoms with Crippen LogP contribution >= 0.6 is 11.3 Å². The number of thiazole rings is 1. The highest BCUT2D eigenvalue weighted by Crippen LogP contribution is 2.36. The second-order valence-corrected chi connectivity index (χ2v) is 8.92. The van der Waals surface area contributed by atoms with E-state index in [0.29, 0.717) is 23.5 Å². The molecule has 0 radical (unpaired) electrons. The van der Waals surface area contributed by atoms with Crippen LogP contribution in [0.1, 0.15) is 67.0 Å². The highest BCUT2D eigenvalue weighted by molar-refractivity contribution is 7.13. The van der Waals surface area contributed by atoms with Crippen molar-refractivity contribution in [3.63, 3.8) is 0 Å². The normalized spacial score (nSPS) is 16.9. The van der Waals surface area contributed by atoms with Crippen LogP contribution in [0.5, 0.6) is 0 Å². The van der Waals surface area contributed by atoms with E-state index in [4.69, 9.17) is 15.3 Å². The lowest BCUT2D eigenvalue weighted by molar-refractivity contribution is 0.244. The highest BCUT2D eigenvalue weighted by Gasteiger charge is 2.29. The van der Waals surface area contributed by atoms with Crippen LogP contribution in [0.4, 0.5) is 10.9 Å². The molecule has 1 atom stereocenters. The third-order valence-electron chi connectivity index (χ3n) is 5.68. The molecule has 0 unspecified atom stereocenters. The summed E-state index contributed by atoms with van der Waals surface area (Å²) in [5, 5.41) is 20.0. The minimum absolute atomic E-state index is 0.316. The van der Waals surface area contributed by atoms with Gasteiger partial charge < -0.3 is 5.32 Å². The first-order chi connectivity index (χ1) is 14.5. The number of nitrogens with one attached hydrogen (secondary N) is 1. The molecule has 156 valence electrons. The number of aromatic nitrogens is 4. The van der Waals surface area contributed by atoms with Gasteiger partial charge in [0.05, 0.1) is 29.1 Å². The molecule has 0 aliphatic carbocycles. The highest BCUT2D eigenvalue weighted by atomic mass is 32.1. The first-order valence-corrected chi connectivity index (χ1v) is 11.2. The smallest absolute Gasteiger partial charge is 0.188 e. The molecule has 0 spiro atoms. The minimum Gasteiger partial charge on any atom is -0.316 e. The summed E-state index contributed by atoms with van der Waals surface area (Å²) in [6.07, 6.45) is 3.92. The molecule has 0 bridgehead atoms. The second-order valence-electron chi connectivity index (χ2n) is 8.06. The summed E-state index contributed by atoms with van der Waals surface area (Å²) in [7, 11) is 0. The first-order valence-electron chi connectivity index (χ1n) is 10.3. The van der Waals surface area contributed by atoms with Crippen LogP contribution in [0, 0.1) is 25.2 Å². The van der Waals surface area contributed by atoms with E-state index in [1.807, 2.05) is 0 Å². The summed E-state index contributed by atoms with van der Waals surface area (Å²) >= 11 is 1.58. The van der Waals surface area contributed by atoms with Crippen LogP contribution in [0.15, 0.2) is 23.7 Å². The molecule has 0 saturated carbocycles. The van der Waals surface area contributed by atoms with E-state index in [0.717, 1.165) is 36.0 Å². The topological polar surface area (TPSA) is 82.7 Å². The predicted octanol–water partition coefficient (Wildman–Crippen LogP) is 4.88. The fourth-order valence-corrected chi connectivity index (χ4v) is 4.92. The Morgan fingerprint density at radius 2 is 2.20 bits per heavy atom. The van der Waals surface area contributed by atoms with Gasteiger partial charge in [0.2, 0.25) is 0 Å². The van der Waals surface area contributed by atoms with Crippen molar-refractivity contribution in [2.45, 2.75) is 59.2 Å². The Labute approximate surface area is 181 Å². The largest absolute Gasteiger partial charge is 0.316 e. The molecule has 7 nitrogen and oxygen atoms in total. The molecule has 1 aliphatic heterocycles. The lowest BCUT2D eigenvalue weighted by atomic mass is 10.1. The maximum Gasteiger partial charge on any atom is 0.188 e. The van der Waals surface area contributed by atoms with Crippen molar-refractivity contribution in [3.05, 3.63) is 51.9 Å². The van der Waals surface area contributed by atoms with Crippen molar-refractivity contribution in [1.82, 2.24) is 24.6 Å². The summed E-state index contributed by atoms with van der Waals surface area (Å²) in [5.74, 6) is 0.644. The van der Waals surface area contributed by atoms with Crippen molar-refractivity contribution in [2.24, 2.45) is 0 Å². The van der Waals surface area contributed by atoms with Crippen LogP contribution in [0.25, 0.3) is 0 Å². The Bertz CT molecular complexity index is 1080. The van der Waals surface area contributed by atoms with Gasteiger partial charge in [-0.1, -0.05) is 0 Å². The number of aryl methyl sites for hydroxylation is 1. The quantitative estimate of drug-likeness (QED) is 0.610. The first kappa shape index (κ1) is 20.5. The summed E-state index contributed by atoms with van der Waals surface area (Å²) in [4.78, 5) is 11.6. The van der Waals surface area contributed by atoms with E-state index in [1.54, 1.807) is 29.7 Å². The van der Waals surface area contributed by atoms with Crippen molar-refractivity contribution in [2.75, 3.05) is 11.9 Å². The van der Waals surface area contributed by atoms with Gasteiger partial charge in [0.25, 0.3) is 0 Å². The van der Waals surface area contributed by atoms with E-state index in [1.165, 1.54) is 17.7 Å². The fraction of sp³-hybridized carbons (Fsp3) is 0.455. The monoisotopic (exact) mass is 421 g/mol. The zero-order valence-electron chi connectivity index (χ0n) is 17.9. The molecule has 30 heavy (non-hydrogen) atoms. The number of hydrogen-bond donors (Lipinski definition) is 1. The van der Waals surface area contributed by atoms with Crippen LogP contribution in [-0.4, -0.2) is 31.2 Å². The molecule has 1 N–H and O–H groups in total. The van der Waals surface area contributed by atoms with Gasteiger partial charge in [-0.25, -0.2) is 9.97 Å². The van der Waals surface area contributed by atoms with Gasteiger partial charge in [-0.2, -0.15) is 10.4 Å². The third kappa shape index (κ3) is 4.09. The minimum atomic E-state index is 0.316. The third-order valence-corrected chi connectivity index (χ3v) is 6.45. The van der Waals surface area contributed by atoms with Crippen LogP contribution < -0.4 is 5.32 Å². The number of rotatable bonds is 6. The number of likely N-dealkylation sites (tertiary alicyclic amines) is 1. The van der Waals surface area contributed by atoms with Gasteiger partial charge >= 0.3 is 0 Å². The SMILES string of the molecule is Cc1nn(C(C)C)c(C)c1CN1CCC[C@H]1c1csc(Nc2cc(C#N)ccn2)n1. The molecule has 3 aromatic rings. The standard InChI is InChI=1S/C22H27N7S/c1-14(2)29-16(4)18(15(3)27-29)12-28-9-5-6-20(28)19-13-30-22(25-19)26-21-10-17(11-23)7-8-24-21/h7-8,10,13-14,20H,5-6,9,12H2,1-4H3,(H,24,25,26)/t20-/m0/s1. The Kier molecular flexibility index (Phi) is 5.84. The van der Waals surface area contributed by atoms with Gasteiger partial charge in [0.15, 0.2) is 5.13 Å². The molecule has 1 fully saturated rings. The van der Waals surface area contributed by atoms with E-state index in [9.17, 15) is 0 Å². The molecule has 1 saturated heterocycles. The molecule has 4 heterocycles. The molecule has 1 aliphatic rings. The maximum absolute atomic E-state index is 9.07.